The highest BCUT2D eigenvalue weighted by Crippen LogP contribution is 2.31. The molecule has 1 saturated heterocycles. The maximum Gasteiger partial charge on any atom is 0.226 e. The number of amides is 1. The molecule has 2 aromatic rings. The number of hydrogen-bond acceptors (Lipinski definition) is 3. The number of nitrogens with zero attached hydrogens (tertiary/aromatic N) is 2. The van der Waals surface area contributed by atoms with Crippen LogP contribution in [0.15, 0.2) is 59.6 Å². The average molecular weight is 462 g/mol. The second-order valence-corrected chi connectivity index (χ2v) is 9.03. The number of hydrogen-bond donors (Lipinski definition) is 1. The third-order valence-corrected chi connectivity index (χ3v) is 6.85. The molecule has 31 heavy (non-hydrogen) atoms. The lowest BCUT2D eigenvalue weighted by Crippen LogP contribution is -2.37. The summed E-state index contributed by atoms with van der Waals surface area (Å²) in [6, 6.07) is 16.8. The molecule has 0 spiro atoms. The van der Waals surface area contributed by atoms with Gasteiger partial charge in [-0.15, -0.1) is 12.4 Å². The molecule has 4 nitrogen and oxygen atoms in total. The van der Waals surface area contributed by atoms with Gasteiger partial charge < -0.3 is 10.2 Å². The first kappa shape index (κ1) is 23.6. The third kappa shape index (κ3) is 6.71. The Morgan fingerprint density at radius 1 is 1.06 bits per heavy atom. The molecule has 7 heteroatoms. The van der Waals surface area contributed by atoms with Crippen molar-refractivity contribution in [1.29, 1.82) is 0 Å². The van der Waals surface area contributed by atoms with Gasteiger partial charge in [0.15, 0.2) is 5.17 Å². The van der Waals surface area contributed by atoms with Gasteiger partial charge in [-0.05, 0) is 42.7 Å². The first-order chi connectivity index (χ1) is 14.7. The van der Waals surface area contributed by atoms with Crippen molar-refractivity contribution in [1.82, 2.24) is 4.90 Å². The number of nitrogens with one attached hydrogen (secondary N) is 1. The van der Waals surface area contributed by atoms with Crippen LogP contribution in [0.25, 0.3) is 0 Å². The molecular formula is C24H29ClFN3OS. The smallest absolute Gasteiger partial charge is 0.226 e. The highest BCUT2D eigenvalue weighted by atomic mass is 35.5. The van der Waals surface area contributed by atoms with E-state index in [9.17, 15) is 9.18 Å². The van der Waals surface area contributed by atoms with E-state index in [0.717, 1.165) is 17.5 Å². The van der Waals surface area contributed by atoms with Crippen LogP contribution in [0.2, 0.25) is 0 Å². The fourth-order valence-corrected chi connectivity index (χ4v) is 5.33. The topological polar surface area (TPSA) is 44.7 Å². The zero-order chi connectivity index (χ0) is 20.8. The van der Waals surface area contributed by atoms with Crippen LogP contribution in [0.1, 0.15) is 44.1 Å². The summed E-state index contributed by atoms with van der Waals surface area (Å²) in [6.07, 6.45) is 6.55. The van der Waals surface area contributed by atoms with E-state index in [2.05, 4.69) is 22.3 Å². The van der Waals surface area contributed by atoms with Gasteiger partial charge in [0.2, 0.25) is 5.91 Å². The molecule has 1 unspecified atom stereocenters. The van der Waals surface area contributed by atoms with E-state index in [4.69, 9.17) is 4.99 Å². The number of carbonyl (C=O) groups is 1. The maximum absolute atomic E-state index is 13.1. The minimum Gasteiger partial charge on any atom is -0.343 e. The molecule has 4 rings (SSSR count). The summed E-state index contributed by atoms with van der Waals surface area (Å²) in [4.78, 5) is 20.1. The number of thioether (sulfide) groups is 1. The molecule has 2 fully saturated rings. The summed E-state index contributed by atoms with van der Waals surface area (Å²) in [6.45, 7) is 0.758. The number of aliphatic imine (C=N–C) groups is 1. The van der Waals surface area contributed by atoms with Crippen LogP contribution >= 0.6 is 24.2 Å². The minimum atomic E-state index is -0.308. The van der Waals surface area contributed by atoms with Crippen molar-refractivity contribution < 1.29 is 9.18 Å². The molecule has 0 bridgehead atoms. The summed E-state index contributed by atoms with van der Waals surface area (Å²) in [7, 11) is 0. The normalized spacial score (nSPS) is 20.5. The third-order valence-electron chi connectivity index (χ3n) is 5.70. The van der Waals surface area contributed by atoms with E-state index in [-0.39, 0.29) is 30.2 Å². The summed E-state index contributed by atoms with van der Waals surface area (Å²) in [5.41, 5.74) is 1.85. The van der Waals surface area contributed by atoms with Gasteiger partial charge in [0, 0.05) is 30.4 Å². The summed E-state index contributed by atoms with van der Waals surface area (Å²) >= 11 is 1.77. The second-order valence-electron chi connectivity index (χ2n) is 8.04. The highest BCUT2D eigenvalue weighted by molar-refractivity contribution is 8.14. The second kappa shape index (κ2) is 11.5. The molecule has 1 heterocycles. The van der Waals surface area contributed by atoms with Crippen molar-refractivity contribution in [3.8, 4) is 0 Å². The summed E-state index contributed by atoms with van der Waals surface area (Å²) in [5, 5.41) is 3.97. The van der Waals surface area contributed by atoms with Gasteiger partial charge in [-0.3, -0.25) is 9.79 Å². The van der Waals surface area contributed by atoms with Crippen molar-refractivity contribution >= 4 is 40.9 Å². The average Bonchev–Trinajstić information content (AvgIpc) is 3.12. The van der Waals surface area contributed by atoms with E-state index in [1.807, 2.05) is 18.2 Å². The predicted octanol–water partition coefficient (Wildman–Crippen LogP) is 5.88. The van der Waals surface area contributed by atoms with Crippen molar-refractivity contribution in [2.75, 3.05) is 11.1 Å². The van der Waals surface area contributed by atoms with E-state index >= 15 is 0 Å². The first-order valence-corrected chi connectivity index (χ1v) is 11.7. The molecule has 166 valence electrons. The highest BCUT2D eigenvalue weighted by Gasteiger charge is 2.32. The molecule has 1 aliphatic carbocycles. The van der Waals surface area contributed by atoms with E-state index in [1.54, 1.807) is 23.9 Å². The zero-order valence-corrected chi connectivity index (χ0v) is 19.1. The van der Waals surface area contributed by atoms with Crippen LogP contribution in [-0.2, 0) is 11.3 Å². The van der Waals surface area contributed by atoms with Crippen molar-refractivity contribution in [3.05, 3.63) is 66.0 Å². The van der Waals surface area contributed by atoms with Crippen LogP contribution in [-0.4, -0.2) is 33.8 Å². The van der Waals surface area contributed by atoms with Crippen LogP contribution in [0.5, 0.6) is 0 Å². The van der Waals surface area contributed by atoms with Crippen LogP contribution in [0.4, 0.5) is 10.1 Å². The van der Waals surface area contributed by atoms with Crippen molar-refractivity contribution in [2.24, 2.45) is 4.99 Å². The predicted molar refractivity (Wildman–Crippen MR) is 129 cm³/mol. The molecular weight excluding hydrogens is 433 g/mol. The van der Waals surface area contributed by atoms with Gasteiger partial charge in [0.25, 0.3) is 0 Å². The number of benzene rings is 2. The lowest BCUT2D eigenvalue weighted by molar-refractivity contribution is -0.116. The van der Waals surface area contributed by atoms with Crippen LogP contribution in [0.3, 0.4) is 0 Å². The standard InChI is InChI=1S/C24H28FN3OS.ClH/c25-19-11-13-21(14-12-19)26-23(29)15-22-17-30-24(27-20-9-5-2-6-10-20)28(22)16-18-7-3-1-4-8-18;/h1,3-4,7-8,11-14,20,22H,2,5-6,9-10,15-17H2,(H,26,29);1H. The van der Waals surface area contributed by atoms with Crippen molar-refractivity contribution in [3.63, 3.8) is 0 Å². The molecule has 1 saturated carbocycles. The maximum atomic E-state index is 13.1. The van der Waals surface area contributed by atoms with E-state index < -0.39 is 0 Å². The van der Waals surface area contributed by atoms with Gasteiger partial charge >= 0.3 is 0 Å². The number of anilines is 1. The number of carbonyl (C=O) groups excluding carboxylic acids is 1. The SMILES string of the molecule is Cl.O=C(CC1CSC(=NC2CCCCC2)N1Cc1ccccc1)Nc1ccc(F)cc1. The number of rotatable bonds is 6. The fourth-order valence-electron chi connectivity index (χ4n) is 4.08. The Labute approximate surface area is 194 Å². The van der Waals surface area contributed by atoms with Crippen molar-refractivity contribution in [2.45, 2.75) is 57.2 Å². The Kier molecular flexibility index (Phi) is 8.79. The first-order valence-electron chi connectivity index (χ1n) is 10.7. The molecule has 0 radical (unpaired) electrons. The van der Waals surface area contributed by atoms with Gasteiger partial charge in [-0.25, -0.2) is 4.39 Å². The number of amidine groups is 1. The zero-order valence-electron chi connectivity index (χ0n) is 17.5. The largest absolute Gasteiger partial charge is 0.343 e. The van der Waals surface area contributed by atoms with Crippen LogP contribution in [0, 0.1) is 5.82 Å². The molecule has 1 aliphatic heterocycles. The minimum absolute atomic E-state index is 0. The fraction of sp³-hybridized carbons (Fsp3) is 0.417. The Hall–Kier alpha value is -2.05. The molecule has 2 aromatic carbocycles. The molecule has 1 amide bonds. The number of halogens is 2. The van der Waals surface area contributed by atoms with Gasteiger partial charge in [-0.1, -0.05) is 61.4 Å². The summed E-state index contributed by atoms with van der Waals surface area (Å²) in [5.74, 6) is 0.497. The Morgan fingerprint density at radius 3 is 2.48 bits per heavy atom. The molecule has 1 N–H and O–H groups in total. The Balaban J connectivity index is 0.00000272. The van der Waals surface area contributed by atoms with E-state index in [0.29, 0.717) is 18.2 Å². The molecule has 0 aromatic heterocycles. The van der Waals surface area contributed by atoms with Gasteiger partial charge in [0.1, 0.15) is 5.82 Å². The lowest BCUT2D eigenvalue weighted by atomic mass is 9.96. The molecule has 1 atom stereocenters. The Bertz CT molecular complexity index is 872. The van der Waals surface area contributed by atoms with Gasteiger partial charge in [-0.2, -0.15) is 0 Å². The molecule has 2 aliphatic rings. The van der Waals surface area contributed by atoms with Gasteiger partial charge in [0.05, 0.1) is 6.04 Å². The monoisotopic (exact) mass is 461 g/mol. The summed E-state index contributed by atoms with van der Waals surface area (Å²) < 4.78 is 13.1. The van der Waals surface area contributed by atoms with E-state index in [1.165, 1.54) is 49.8 Å². The van der Waals surface area contributed by atoms with Crippen LogP contribution < -0.4 is 5.32 Å². The Morgan fingerprint density at radius 2 is 1.77 bits per heavy atom. The quantitative estimate of drug-likeness (QED) is 0.584. The lowest BCUT2D eigenvalue weighted by Gasteiger charge is -2.27.